The molecule has 0 fully saturated rings. The Morgan fingerprint density at radius 1 is 0.655 bits per heavy atom. The molecule has 6 heteroatoms. The quantitative estimate of drug-likeness (QED) is 0.162. The van der Waals surface area contributed by atoms with Crippen molar-refractivity contribution in [3.8, 4) is 0 Å². The van der Waals surface area contributed by atoms with E-state index in [2.05, 4.69) is 0 Å². The van der Waals surface area contributed by atoms with E-state index in [9.17, 15) is 18.1 Å². The molecule has 0 saturated heterocycles. The molecule has 2 unspecified atom stereocenters. The Balaban J connectivity index is 0. The molecule has 0 saturated carbocycles. The third-order valence-electron chi connectivity index (χ3n) is 5.82. The zero-order valence-electron chi connectivity index (χ0n) is 19.7. The smallest absolute Gasteiger partial charge is 0.748 e. The predicted molar refractivity (Wildman–Crippen MR) is 119 cm³/mol. The molecule has 4 nitrogen and oxygen atoms in total. The fraction of sp³-hybridized carbons (Fsp3) is 1.00. The maximum absolute atomic E-state index is 11.3. The minimum Gasteiger partial charge on any atom is -0.748 e. The van der Waals surface area contributed by atoms with E-state index in [0.717, 1.165) is 51.4 Å². The first-order chi connectivity index (χ1) is 13.4. The van der Waals surface area contributed by atoms with E-state index in [1.54, 1.807) is 0 Å². The maximum atomic E-state index is 11.3. The summed E-state index contributed by atoms with van der Waals surface area (Å²) < 4.78 is 33.8. The van der Waals surface area contributed by atoms with E-state index < -0.39 is 15.4 Å². The first-order valence-electron chi connectivity index (χ1n) is 12.0. The minimum atomic E-state index is -4.12. The van der Waals surface area contributed by atoms with Gasteiger partial charge in [0.2, 0.25) is 0 Å². The van der Waals surface area contributed by atoms with Crippen LogP contribution >= 0.6 is 0 Å². The molecule has 0 aromatic carbocycles. The summed E-state index contributed by atoms with van der Waals surface area (Å²) in [7, 11) is -4.12. The van der Waals surface area contributed by atoms with Gasteiger partial charge >= 0.3 is 51.4 Å². The summed E-state index contributed by atoms with van der Waals surface area (Å²) in [4.78, 5) is 0. The molecule has 0 amide bonds. The number of aliphatic hydroxyl groups excluding tert-OH is 1. The summed E-state index contributed by atoms with van der Waals surface area (Å²) in [5, 5.41) is 8.84. The first-order valence-corrected chi connectivity index (χ1v) is 13.5. The molecule has 2 atom stereocenters. The molecule has 0 radical (unpaired) electrons. The third kappa shape index (κ3) is 22.5. The SMILES string of the molecule is CCCCC(CCCCCCCCCCCCCCCC(O)CC)S(=O)(=O)[O-].[K+]. The standard InChI is InChI=1S/C23H48O4S.K/c1-3-5-20-23(28(25,26)27)21-18-16-14-12-10-8-6-7-9-11-13-15-17-19-22(24)4-2;/h22-24H,3-21H2,1-2H3,(H,25,26,27);/q;+1/p-1. The number of hydrogen-bond acceptors (Lipinski definition) is 4. The molecule has 0 rings (SSSR count). The Morgan fingerprint density at radius 2 is 1.00 bits per heavy atom. The Labute approximate surface area is 224 Å². The Hall–Kier alpha value is 1.51. The normalized spacial score (nSPS) is 13.8. The molecule has 0 aromatic rings. The first kappa shape index (κ1) is 32.7. The molecule has 0 aliphatic carbocycles. The average molecular weight is 459 g/mol. The predicted octanol–water partition coefficient (Wildman–Crippen LogP) is 3.72. The van der Waals surface area contributed by atoms with Crippen molar-refractivity contribution in [1.82, 2.24) is 0 Å². The zero-order valence-corrected chi connectivity index (χ0v) is 23.6. The van der Waals surface area contributed by atoms with Crippen LogP contribution in [-0.2, 0) is 10.1 Å². The van der Waals surface area contributed by atoms with Gasteiger partial charge in [0.1, 0.15) is 0 Å². The van der Waals surface area contributed by atoms with Crippen LogP contribution in [-0.4, -0.2) is 29.4 Å². The van der Waals surface area contributed by atoms with Gasteiger partial charge in [0.05, 0.1) is 16.2 Å². The fourth-order valence-corrected chi connectivity index (χ4v) is 4.68. The number of unbranched alkanes of at least 4 members (excludes halogenated alkanes) is 13. The van der Waals surface area contributed by atoms with Gasteiger partial charge in [-0.1, -0.05) is 110 Å². The molecule has 29 heavy (non-hydrogen) atoms. The molecule has 0 aliphatic rings. The van der Waals surface area contributed by atoms with Gasteiger partial charge in [0.25, 0.3) is 0 Å². The summed E-state index contributed by atoms with van der Waals surface area (Å²) in [6.45, 7) is 4.06. The molecule has 170 valence electrons. The van der Waals surface area contributed by atoms with Crippen LogP contribution in [0.5, 0.6) is 0 Å². The van der Waals surface area contributed by atoms with E-state index in [1.807, 2.05) is 13.8 Å². The second kappa shape index (κ2) is 22.7. The van der Waals surface area contributed by atoms with Crippen LogP contribution in [0.2, 0.25) is 0 Å². The monoisotopic (exact) mass is 458 g/mol. The average Bonchev–Trinajstić information content (AvgIpc) is 2.65. The van der Waals surface area contributed by atoms with Gasteiger partial charge in [-0.2, -0.15) is 0 Å². The molecule has 0 spiro atoms. The van der Waals surface area contributed by atoms with Crippen LogP contribution in [0.3, 0.4) is 0 Å². The van der Waals surface area contributed by atoms with E-state index in [-0.39, 0.29) is 57.5 Å². The molecular formula is C23H47KO4S. The van der Waals surface area contributed by atoms with Gasteiger partial charge < -0.3 is 9.66 Å². The van der Waals surface area contributed by atoms with Gasteiger partial charge in [-0.05, 0) is 25.7 Å². The fourth-order valence-electron chi connectivity index (χ4n) is 3.77. The van der Waals surface area contributed by atoms with E-state index in [0.29, 0.717) is 12.8 Å². The van der Waals surface area contributed by atoms with Gasteiger partial charge in [0.15, 0.2) is 0 Å². The van der Waals surface area contributed by atoms with Gasteiger partial charge in [-0.25, -0.2) is 8.42 Å². The summed E-state index contributed by atoms with van der Waals surface area (Å²) in [5.41, 5.74) is 0. The number of rotatable bonds is 21. The topological polar surface area (TPSA) is 77.4 Å². The molecule has 0 bridgehead atoms. The van der Waals surface area contributed by atoms with Crippen molar-refractivity contribution >= 4 is 10.1 Å². The van der Waals surface area contributed by atoms with Crippen molar-refractivity contribution in [3.63, 3.8) is 0 Å². The Bertz CT molecular complexity index is 429. The van der Waals surface area contributed by atoms with E-state index in [4.69, 9.17) is 0 Å². The van der Waals surface area contributed by atoms with E-state index in [1.165, 1.54) is 57.8 Å². The van der Waals surface area contributed by atoms with Crippen LogP contribution in [0.1, 0.15) is 136 Å². The van der Waals surface area contributed by atoms with Crippen molar-refractivity contribution in [2.45, 2.75) is 147 Å². The molecular weight excluding hydrogens is 411 g/mol. The van der Waals surface area contributed by atoms with Crippen LogP contribution < -0.4 is 51.4 Å². The largest absolute Gasteiger partial charge is 1.00 e. The Morgan fingerprint density at radius 3 is 1.34 bits per heavy atom. The van der Waals surface area contributed by atoms with Gasteiger partial charge in [-0.15, -0.1) is 0 Å². The van der Waals surface area contributed by atoms with Crippen molar-refractivity contribution in [2.24, 2.45) is 0 Å². The van der Waals surface area contributed by atoms with Crippen LogP contribution in [0, 0.1) is 0 Å². The summed E-state index contributed by atoms with van der Waals surface area (Å²) in [5.74, 6) is 0. The van der Waals surface area contributed by atoms with Crippen molar-refractivity contribution < 1.29 is 69.5 Å². The van der Waals surface area contributed by atoms with Crippen molar-refractivity contribution in [2.75, 3.05) is 0 Å². The Kier molecular flexibility index (Phi) is 25.6. The second-order valence-electron chi connectivity index (χ2n) is 8.49. The minimum absolute atomic E-state index is 0. The van der Waals surface area contributed by atoms with E-state index >= 15 is 0 Å². The molecule has 0 aromatic heterocycles. The summed E-state index contributed by atoms with van der Waals surface area (Å²) in [6.07, 6.45) is 20.5. The summed E-state index contributed by atoms with van der Waals surface area (Å²) >= 11 is 0. The maximum Gasteiger partial charge on any atom is 1.00 e. The summed E-state index contributed by atoms with van der Waals surface area (Å²) in [6, 6.07) is 0. The van der Waals surface area contributed by atoms with Crippen LogP contribution in [0.15, 0.2) is 0 Å². The van der Waals surface area contributed by atoms with Gasteiger partial charge in [-0.3, -0.25) is 0 Å². The molecule has 0 aliphatic heterocycles. The van der Waals surface area contributed by atoms with Gasteiger partial charge in [0, 0.05) is 5.25 Å². The van der Waals surface area contributed by atoms with Crippen LogP contribution in [0.25, 0.3) is 0 Å². The third-order valence-corrected chi connectivity index (χ3v) is 7.11. The molecule has 0 heterocycles. The number of aliphatic hydroxyl groups is 1. The van der Waals surface area contributed by atoms with Crippen molar-refractivity contribution in [3.05, 3.63) is 0 Å². The zero-order chi connectivity index (χ0) is 21.1. The number of hydrogen-bond donors (Lipinski definition) is 1. The second-order valence-corrected chi connectivity index (χ2v) is 10.1. The van der Waals surface area contributed by atoms with Crippen LogP contribution in [0.4, 0.5) is 0 Å². The van der Waals surface area contributed by atoms with Crippen molar-refractivity contribution in [1.29, 1.82) is 0 Å². The molecule has 1 N–H and O–H groups in total.